The van der Waals surface area contributed by atoms with E-state index in [-0.39, 0.29) is 18.6 Å². The number of carbonyl (C=O) groups is 1. The van der Waals surface area contributed by atoms with Crippen LogP contribution in [0.2, 0.25) is 5.02 Å². The zero-order valence-corrected chi connectivity index (χ0v) is 18.8. The van der Waals surface area contributed by atoms with Crippen LogP contribution in [0.4, 0.5) is 0 Å². The van der Waals surface area contributed by atoms with E-state index in [0.29, 0.717) is 68.3 Å². The van der Waals surface area contributed by atoms with Gasteiger partial charge in [-0.15, -0.1) is 0 Å². The number of piperidine rings is 1. The van der Waals surface area contributed by atoms with Crippen molar-refractivity contribution in [1.29, 1.82) is 0 Å². The van der Waals surface area contributed by atoms with Crippen molar-refractivity contribution in [3.8, 4) is 5.75 Å². The van der Waals surface area contributed by atoms with Crippen LogP contribution < -0.4 is 10.1 Å². The SMILES string of the molecule is O=C(NCCCO)c1ccc(COc2ccc(Cl)cc2CC(O)N2CCC(O)CC2)cc1. The standard InChI is InChI=1S/C24H31ClN2O5/c25-20-6-7-22(19(14-20)15-23(30)27-11-8-21(29)9-12-27)32-16-17-2-4-18(5-3-17)24(31)26-10-1-13-28/h2-7,14,21,23,28-30H,1,8-13,15-16H2,(H,26,31). The average Bonchev–Trinajstić information content (AvgIpc) is 2.79. The summed E-state index contributed by atoms with van der Waals surface area (Å²) in [6.45, 7) is 2.09. The minimum atomic E-state index is -0.674. The quantitative estimate of drug-likeness (QED) is 0.404. The van der Waals surface area contributed by atoms with Crippen molar-refractivity contribution in [1.82, 2.24) is 10.2 Å². The normalized spacial score (nSPS) is 16.0. The summed E-state index contributed by atoms with van der Waals surface area (Å²) in [7, 11) is 0. The lowest BCUT2D eigenvalue weighted by Crippen LogP contribution is -2.43. The van der Waals surface area contributed by atoms with Crippen molar-refractivity contribution >= 4 is 17.5 Å². The van der Waals surface area contributed by atoms with Gasteiger partial charge in [0.2, 0.25) is 0 Å². The molecule has 2 aromatic carbocycles. The van der Waals surface area contributed by atoms with Gasteiger partial charge in [-0.25, -0.2) is 0 Å². The molecule has 4 N–H and O–H groups in total. The molecule has 32 heavy (non-hydrogen) atoms. The molecule has 174 valence electrons. The first-order valence-corrected chi connectivity index (χ1v) is 11.3. The molecular formula is C24H31ClN2O5. The third kappa shape index (κ3) is 7.18. The van der Waals surface area contributed by atoms with Gasteiger partial charge in [-0.2, -0.15) is 0 Å². The largest absolute Gasteiger partial charge is 0.489 e. The molecule has 0 spiro atoms. The van der Waals surface area contributed by atoms with Crippen LogP contribution in [0.15, 0.2) is 42.5 Å². The number of aliphatic hydroxyl groups excluding tert-OH is 3. The fraction of sp³-hybridized carbons (Fsp3) is 0.458. The summed E-state index contributed by atoms with van der Waals surface area (Å²) in [5, 5.41) is 32.5. The summed E-state index contributed by atoms with van der Waals surface area (Å²) in [4.78, 5) is 14.0. The average molecular weight is 463 g/mol. The summed E-state index contributed by atoms with van der Waals surface area (Å²) in [6.07, 6.45) is 1.25. The fourth-order valence-corrected chi connectivity index (χ4v) is 3.85. The van der Waals surface area contributed by atoms with E-state index >= 15 is 0 Å². The Morgan fingerprint density at radius 2 is 1.91 bits per heavy atom. The molecule has 8 heteroatoms. The molecule has 1 fully saturated rings. The van der Waals surface area contributed by atoms with E-state index in [2.05, 4.69) is 5.32 Å². The second-order valence-electron chi connectivity index (χ2n) is 8.02. The van der Waals surface area contributed by atoms with E-state index in [1.807, 2.05) is 17.0 Å². The van der Waals surface area contributed by atoms with Gasteiger partial charge in [-0.1, -0.05) is 23.7 Å². The number of nitrogens with one attached hydrogen (secondary N) is 1. The number of likely N-dealkylation sites (tertiary alicyclic amines) is 1. The van der Waals surface area contributed by atoms with Gasteiger partial charge in [0.1, 0.15) is 18.6 Å². The highest BCUT2D eigenvalue weighted by molar-refractivity contribution is 6.30. The summed E-state index contributed by atoms with van der Waals surface area (Å²) in [6, 6.07) is 12.5. The van der Waals surface area contributed by atoms with Gasteiger partial charge in [0.15, 0.2) is 0 Å². The highest BCUT2D eigenvalue weighted by Gasteiger charge is 2.23. The van der Waals surface area contributed by atoms with E-state index < -0.39 is 6.23 Å². The Morgan fingerprint density at radius 1 is 1.19 bits per heavy atom. The van der Waals surface area contributed by atoms with Crippen LogP contribution in [0, 0.1) is 0 Å². The zero-order valence-electron chi connectivity index (χ0n) is 18.0. The minimum absolute atomic E-state index is 0.0431. The van der Waals surface area contributed by atoms with Crippen molar-refractivity contribution < 1.29 is 24.9 Å². The molecule has 1 heterocycles. The van der Waals surface area contributed by atoms with Gasteiger partial charge in [0.05, 0.1) is 6.10 Å². The lowest BCUT2D eigenvalue weighted by Gasteiger charge is -2.33. The van der Waals surface area contributed by atoms with Crippen LogP contribution in [-0.4, -0.2) is 64.7 Å². The molecule has 0 aliphatic carbocycles. The smallest absolute Gasteiger partial charge is 0.251 e. The molecule has 0 bridgehead atoms. The van der Waals surface area contributed by atoms with Gasteiger partial charge in [-0.05, 0) is 60.7 Å². The number of rotatable bonds is 10. The number of hydrogen-bond donors (Lipinski definition) is 4. The number of ether oxygens (including phenoxy) is 1. The van der Waals surface area contributed by atoms with Crippen LogP contribution in [-0.2, 0) is 13.0 Å². The maximum absolute atomic E-state index is 12.1. The van der Waals surface area contributed by atoms with E-state index in [4.69, 9.17) is 21.4 Å². The van der Waals surface area contributed by atoms with Crippen LogP contribution in [0.1, 0.15) is 40.7 Å². The third-order valence-electron chi connectivity index (χ3n) is 5.58. The Morgan fingerprint density at radius 3 is 2.59 bits per heavy atom. The topological polar surface area (TPSA) is 102 Å². The number of nitrogens with zero attached hydrogens (tertiary/aromatic N) is 1. The molecule has 0 saturated carbocycles. The Kier molecular flexibility index (Phi) is 9.32. The van der Waals surface area contributed by atoms with Crippen molar-refractivity contribution in [2.45, 2.75) is 44.6 Å². The van der Waals surface area contributed by atoms with Gasteiger partial charge >= 0.3 is 0 Å². The van der Waals surface area contributed by atoms with E-state index in [0.717, 1.165) is 11.1 Å². The Hall–Kier alpha value is -2.16. The Bertz CT molecular complexity index is 869. The van der Waals surface area contributed by atoms with Gasteiger partial charge < -0.3 is 25.4 Å². The molecule has 1 aliphatic heterocycles. The van der Waals surface area contributed by atoms with Crippen molar-refractivity contribution in [2.24, 2.45) is 0 Å². The molecule has 1 saturated heterocycles. The number of amides is 1. The zero-order chi connectivity index (χ0) is 22.9. The molecule has 7 nitrogen and oxygen atoms in total. The molecule has 1 atom stereocenters. The van der Waals surface area contributed by atoms with Crippen molar-refractivity contribution in [3.05, 3.63) is 64.2 Å². The molecule has 1 unspecified atom stereocenters. The van der Waals surface area contributed by atoms with E-state index in [1.165, 1.54) is 0 Å². The Balaban J connectivity index is 1.58. The molecule has 3 rings (SSSR count). The summed E-state index contributed by atoms with van der Waals surface area (Å²) >= 11 is 6.18. The van der Waals surface area contributed by atoms with Crippen LogP contribution in [0.25, 0.3) is 0 Å². The van der Waals surface area contributed by atoms with E-state index in [1.54, 1.807) is 30.3 Å². The van der Waals surface area contributed by atoms with Crippen LogP contribution in [0.5, 0.6) is 5.75 Å². The van der Waals surface area contributed by atoms with Gasteiger partial charge in [0.25, 0.3) is 5.91 Å². The number of aliphatic hydroxyl groups is 3. The maximum atomic E-state index is 12.1. The predicted octanol–water partition coefficient (Wildman–Crippen LogP) is 2.35. The predicted molar refractivity (Wildman–Crippen MR) is 123 cm³/mol. The summed E-state index contributed by atoms with van der Waals surface area (Å²) in [5.41, 5.74) is 2.27. The molecule has 2 aromatic rings. The first-order chi connectivity index (χ1) is 15.5. The number of halogens is 1. The van der Waals surface area contributed by atoms with Gasteiger partial charge in [-0.3, -0.25) is 9.69 Å². The lowest BCUT2D eigenvalue weighted by atomic mass is 10.0. The lowest BCUT2D eigenvalue weighted by molar-refractivity contribution is -0.0319. The monoisotopic (exact) mass is 462 g/mol. The van der Waals surface area contributed by atoms with Crippen LogP contribution in [0.3, 0.4) is 0 Å². The summed E-state index contributed by atoms with van der Waals surface area (Å²) in [5.74, 6) is 0.474. The van der Waals surface area contributed by atoms with E-state index in [9.17, 15) is 15.0 Å². The van der Waals surface area contributed by atoms with Gasteiger partial charge in [0, 0.05) is 43.2 Å². The maximum Gasteiger partial charge on any atom is 0.251 e. The Labute approximate surface area is 193 Å². The van der Waals surface area contributed by atoms with Crippen molar-refractivity contribution in [3.63, 3.8) is 0 Å². The number of hydrogen-bond acceptors (Lipinski definition) is 6. The number of carbonyl (C=O) groups excluding carboxylic acids is 1. The number of benzene rings is 2. The molecular weight excluding hydrogens is 432 g/mol. The highest BCUT2D eigenvalue weighted by atomic mass is 35.5. The molecule has 1 aliphatic rings. The summed E-state index contributed by atoms with van der Waals surface area (Å²) < 4.78 is 6.01. The molecule has 0 aromatic heterocycles. The fourth-order valence-electron chi connectivity index (χ4n) is 3.65. The van der Waals surface area contributed by atoms with Crippen LogP contribution >= 0.6 is 11.6 Å². The third-order valence-corrected chi connectivity index (χ3v) is 5.81. The van der Waals surface area contributed by atoms with Crippen molar-refractivity contribution in [2.75, 3.05) is 26.2 Å². The minimum Gasteiger partial charge on any atom is -0.489 e. The first-order valence-electron chi connectivity index (χ1n) is 11.0. The second-order valence-corrected chi connectivity index (χ2v) is 8.46. The molecule has 1 amide bonds. The first kappa shape index (κ1) is 24.5. The highest BCUT2D eigenvalue weighted by Crippen LogP contribution is 2.26. The molecule has 0 radical (unpaired) electrons. The second kappa shape index (κ2) is 12.2.